The highest BCUT2D eigenvalue weighted by Crippen LogP contribution is 2.27. The third-order valence-corrected chi connectivity index (χ3v) is 3.84. The first kappa shape index (κ1) is 16.6. The van der Waals surface area contributed by atoms with E-state index in [1.54, 1.807) is 19.1 Å². The van der Waals surface area contributed by atoms with E-state index >= 15 is 0 Å². The van der Waals surface area contributed by atoms with Gasteiger partial charge in [-0.05, 0) is 42.1 Å². The van der Waals surface area contributed by atoms with E-state index in [2.05, 4.69) is 5.32 Å². The third kappa shape index (κ3) is 4.59. The van der Waals surface area contributed by atoms with Crippen molar-refractivity contribution in [3.8, 4) is 17.6 Å². The number of hydrogen-bond acceptors (Lipinski definition) is 5. The zero-order valence-corrected chi connectivity index (χ0v) is 13.4. The SMILES string of the molecule is CCOc1cc(/C=C(\C#N)C(=O)NCc2cccs2)ccc1O. The lowest BCUT2D eigenvalue weighted by molar-refractivity contribution is -0.117. The highest BCUT2D eigenvalue weighted by Gasteiger charge is 2.10. The van der Waals surface area contributed by atoms with E-state index in [-0.39, 0.29) is 11.3 Å². The van der Waals surface area contributed by atoms with Crippen LogP contribution in [0.25, 0.3) is 6.08 Å². The molecule has 0 saturated heterocycles. The second-order valence-corrected chi connectivity index (χ2v) is 5.62. The molecule has 118 valence electrons. The smallest absolute Gasteiger partial charge is 0.262 e. The Labute approximate surface area is 138 Å². The summed E-state index contributed by atoms with van der Waals surface area (Å²) in [6, 6.07) is 10.4. The lowest BCUT2D eigenvalue weighted by atomic mass is 10.1. The zero-order valence-electron chi connectivity index (χ0n) is 12.6. The van der Waals surface area contributed by atoms with Gasteiger partial charge < -0.3 is 15.2 Å². The summed E-state index contributed by atoms with van der Waals surface area (Å²) >= 11 is 1.54. The molecular formula is C17H16N2O3S. The van der Waals surface area contributed by atoms with E-state index in [0.717, 1.165) is 4.88 Å². The molecule has 0 unspecified atom stereocenters. The summed E-state index contributed by atoms with van der Waals surface area (Å²) in [4.78, 5) is 13.1. The van der Waals surface area contributed by atoms with Crippen molar-refractivity contribution in [2.45, 2.75) is 13.5 Å². The van der Waals surface area contributed by atoms with Crippen LogP contribution in [0.2, 0.25) is 0 Å². The summed E-state index contributed by atoms with van der Waals surface area (Å²) in [5, 5.41) is 23.5. The number of thiophene rings is 1. The fraction of sp³-hybridized carbons (Fsp3) is 0.176. The van der Waals surface area contributed by atoms with Crippen LogP contribution in [0.5, 0.6) is 11.5 Å². The molecular weight excluding hydrogens is 312 g/mol. The van der Waals surface area contributed by atoms with Crippen molar-refractivity contribution in [3.05, 3.63) is 51.7 Å². The number of ether oxygens (including phenoxy) is 1. The Balaban J connectivity index is 2.13. The number of aromatic hydroxyl groups is 1. The fourth-order valence-electron chi connectivity index (χ4n) is 1.88. The van der Waals surface area contributed by atoms with Gasteiger partial charge in [0.15, 0.2) is 11.5 Å². The molecule has 2 N–H and O–H groups in total. The van der Waals surface area contributed by atoms with Crippen LogP contribution in [0.15, 0.2) is 41.3 Å². The maximum absolute atomic E-state index is 12.1. The van der Waals surface area contributed by atoms with Crippen molar-refractivity contribution >= 4 is 23.3 Å². The van der Waals surface area contributed by atoms with E-state index in [1.165, 1.54) is 23.5 Å². The molecule has 0 spiro atoms. The molecule has 1 amide bonds. The standard InChI is InChI=1S/C17H16N2O3S/c1-2-22-16-9-12(5-6-15(16)20)8-13(10-18)17(21)19-11-14-4-3-7-23-14/h3-9,20H,2,11H2,1H3,(H,19,21)/b13-8+. The first-order chi connectivity index (χ1) is 11.1. The summed E-state index contributed by atoms with van der Waals surface area (Å²) in [5.74, 6) is -0.103. The van der Waals surface area contributed by atoms with E-state index < -0.39 is 5.91 Å². The number of phenolic OH excluding ortho intramolecular Hbond substituents is 1. The number of nitrogens with zero attached hydrogens (tertiary/aromatic N) is 1. The molecule has 0 fully saturated rings. The molecule has 5 nitrogen and oxygen atoms in total. The summed E-state index contributed by atoms with van der Waals surface area (Å²) in [5.41, 5.74) is 0.601. The molecule has 1 aromatic carbocycles. The normalized spacial score (nSPS) is 10.9. The Morgan fingerprint density at radius 1 is 1.48 bits per heavy atom. The van der Waals surface area contributed by atoms with Gasteiger partial charge in [0.25, 0.3) is 5.91 Å². The second-order valence-electron chi connectivity index (χ2n) is 4.59. The number of phenols is 1. The molecule has 1 heterocycles. The molecule has 2 rings (SSSR count). The number of carbonyl (C=O) groups excluding carboxylic acids is 1. The number of benzene rings is 1. The summed E-state index contributed by atoms with van der Waals surface area (Å²) in [7, 11) is 0. The van der Waals surface area contributed by atoms with Gasteiger partial charge in [0.2, 0.25) is 0 Å². The van der Waals surface area contributed by atoms with E-state index in [4.69, 9.17) is 4.74 Å². The summed E-state index contributed by atoms with van der Waals surface area (Å²) in [6.07, 6.45) is 1.46. The van der Waals surface area contributed by atoms with Crippen LogP contribution in [-0.4, -0.2) is 17.6 Å². The average molecular weight is 328 g/mol. The van der Waals surface area contributed by atoms with Crippen molar-refractivity contribution < 1.29 is 14.6 Å². The molecule has 1 aromatic heterocycles. The maximum Gasteiger partial charge on any atom is 0.262 e. The maximum atomic E-state index is 12.1. The molecule has 23 heavy (non-hydrogen) atoms. The minimum absolute atomic E-state index is 0.00491. The monoisotopic (exact) mass is 328 g/mol. The van der Waals surface area contributed by atoms with E-state index in [0.29, 0.717) is 24.5 Å². The van der Waals surface area contributed by atoms with Gasteiger partial charge in [-0.25, -0.2) is 0 Å². The fourth-order valence-corrected chi connectivity index (χ4v) is 2.53. The van der Waals surface area contributed by atoms with Crippen LogP contribution >= 0.6 is 11.3 Å². The number of nitriles is 1. The lowest BCUT2D eigenvalue weighted by Crippen LogP contribution is -2.23. The largest absolute Gasteiger partial charge is 0.504 e. The average Bonchev–Trinajstić information content (AvgIpc) is 3.07. The van der Waals surface area contributed by atoms with Gasteiger partial charge >= 0.3 is 0 Å². The lowest BCUT2D eigenvalue weighted by Gasteiger charge is -2.07. The van der Waals surface area contributed by atoms with Crippen LogP contribution in [-0.2, 0) is 11.3 Å². The van der Waals surface area contributed by atoms with Crippen LogP contribution in [0.1, 0.15) is 17.4 Å². The Bertz CT molecular complexity index is 746. The molecule has 0 bridgehead atoms. The second kappa shape index (κ2) is 8.01. The predicted molar refractivity (Wildman–Crippen MR) is 89.0 cm³/mol. The first-order valence-corrected chi connectivity index (χ1v) is 7.90. The number of hydrogen-bond donors (Lipinski definition) is 2. The van der Waals surface area contributed by atoms with Crippen molar-refractivity contribution in [3.63, 3.8) is 0 Å². The molecule has 0 radical (unpaired) electrons. The van der Waals surface area contributed by atoms with Crippen molar-refractivity contribution in [2.75, 3.05) is 6.61 Å². The first-order valence-electron chi connectivity index (χ1n) is 7.02. The molecule has 6 heteroatoms. The number of rotatable bonds is 6. The molecule has 0 saturated carbocycles. The van der Waals surface area contributed by atoms with E-state index in [1.807, 2.05) is 23.6 Å². The van der Waals surface area contributed by atoms with E-state index in [9.17, 15) is 15.2 Å². The van der Waals surface area contributed by atoms with Crippen molar-refractivity contribution in [1.82, 2.24) is 5.32 Å². The highest BCUT2D eigenvalue weighted by molar-refractivity contribution is 7.09. The van der Waals surface area contributed by atoms with Gasteiger partial charge in [-0.2, -0.15) is 5.26 Å². The molecule has 0 atom stereocenters. The van der Waals surface area contributed by atoms with Crippen LogP contribution < -0.4 is 10.1 Å². The molecule has 0 aliphatic heterocycles. The zero-order chi connectivity index (χ0) is 16.7. The number of carbonyl (C=O) groups is 1. The quantitative estimate of drug-likeness (QED) is 0.630. The van der Waals surface area contributed by atoms with Gasteiger partial charge in [0.05, 0.1) is 13.2 Å². The van der Waals surface area contributed by atoms with Gasteiger partial charge in [0.1, 0.15) is 11.6 Å². The minimum atomic E-state index is -0.438. The van der Waals surface area contributed by atoms with Gasteiger partial charge in [-0.15, -0.1) is 11.3 Å². The summed E-state index contributed by atoms with van der Waals surface area (Å²) in [6.45, 7) is 2.60. The number of amides is 1. The topological polar surface area (TPSA) is 82.3 Å². The molecule has 0 aliphatic carbocycles. The highest BCUT2D eigenvalue weighted by atomic mass is 32.1. The van der Waals surface area contributed by atoms with Crippen LogP contribution in [0, 0.1) is 11.3 Å². The van der Waals surface area contributed by atoms with Gasteiger partial charge in [-0.1, -0.05) is 12.1 Å². The predicted octanol–water partition coefficient (Wildman–Crippen LogP) is 3.08. The Hall–Kier alpha value is -2.78. The van der Waals surface area contributed by atoms with Crippen molar-refractivity contribution in [1.29, 1.82) is 5.26 Å². The Morgan fingerprint density at radius 3 is 2.96 bits per heavy atom. The molecule has 2 aromatic rings. The number of nitrogens with one attached hydrogen (secondary N) is 1. The van der Waals surface area contributed by atoms with Crippen LogP contribution in [0.4, 0.5) is 0 Å². The third-order valence-electron chi connectivity index (χ3n) is 2.96. The molecule has 0 aliphatic rings. The van der Waals surface area contributed by atoms with Crippen molar-refractivity contribution in [2.24, 2.45) is 0 Å². The van der Waals surface area contributed by atoms with Gasteiger partial charge in [-0.3, -0.25) is 4.79 Å². The van der Waals surface area contributed by atoms with Crippen LogP contribution in [0.3, 0.4) is 0 Å². The van der Waals surface area contributed by atoms with Gasteiger partial charge in [0, 0.05) is 4.88 Å². The Morgan fingerprint density at radius 2 is 2.30 bits per heavy atom. The minimum Gasteiger partial charge on any atom is -0.504 e. The Kier molecular flexibility index (Phi) is 5.78. The summed E-state index contributed by atoms with van der Waals surface area (Å²) < 4.78 is 5.29.